The second kappa shape index (κ2) is 8.38. The maximum atomic E-state index is 12.6. The highest BCUT2D eigenvalue weighted by Crippen LogP contribution is 2.32. The zero-order valence-corrected chi connectivity index (χ0v) is 14.9. The Morgan fingerprint density at radius 3 is 2.22 bits per heavy atom. The van der Waals surface area contributed by atoms with Crippen LogP contribution in [0.4, 0.5) is 13.2 Å². The first-order valence-corrected chi connectivity index (χ1v) is 8.10. The molecule has 0 unspecified atom stereocenters. The third-order valence-corrected chi connectivity index (χ3v) is 3.44. The predicted octanol–water partition coefficient (Wildman–Crippen LogP) is 3.62. The second-order valence-electron chi connectivity index (χ2n) is 5.13. The number of esters is 2. The van der Waals surface area contributed by atoms with E-state index in [1.807, 2.05) is 0 Å². The zero-order chi connectivity index (χ0) is 20.2. The minimum atomic E-state index is -4.81. The highest BCUT2D eigenvalue weighted by Gasteiger charge is 2.39. The van der Waals surface area contributed by atoms with Crippen LogP contribution in [-0.4, -0.2) is 35.3 Å². The first kappa shape index (κ1) is 20.7. The van der Waals surface area contributed by atoms with Gasteiger partial charge in [-0.25, -0.2) is 0 Å². The van der Waals surface area contributed by atoms with Gasteiger partial charge in [0.1, 0.15) is 0 Å². The molecule has 7 nitrogen and oxygen atoms in total. The molecule has 0 N–H and O–H groups in total. The highest BCUT2D eigenvalue weighted by atomic mass is 35.5. The van der Waals surface area contributed by atoms with E-state index in [1.165, 1.54) is 18.2 Å². The van der Waals surface area contributed by atoms with Gasteiger partial charge in [0.25, 0.3) is 0 Å². The lowest BCUT2D eigenvalue weighted by Gasteiger charge is -2.15. The van der Waals surface area contributed by atoms with E-state index in [4.69, 9.17) is 21.1 Å². The van der Waals surface area contributed by atoms with Crippen LogP contribution in [0.2, 0.25) is 5.02 Å². The molecule has 0 aliphatic rings. The number of hydrogen-bond donors (Lipinski definition) is 0. The minimum Gasteiger partial charge on any atom is -0.465 e. The Morgan fingerprint density at radius 2 is 1.74 bits per heavy atom. The molecule has 0 fully saturated rings. The number of rotatable bonds is 6. The lowest BCUT2D eigenvalue weighted by molar-refractivity contribution is -0.159. The number of aromatic nitrogens is 2. The molecular weight excluding hydrogens is 393 g/mol. The van der Waals surface area contributed by atoms with Crippen LogP contribution in [0.1, 0.15) is 31.2 Å². The van der Waals surface area contributed by atoms with E-state index in [2.05, 4.69) is 14.7 Å². The molecule has 0 amide bonds. The van der Waals surface area contributed by atoms with Crippen molar-refractivity contribution in [1.29, 1.82) is 0 Å². The summed E-state index contributed by atoms with van der Waals surface area (Å²) in [6.07, 6.45) is -4.81. The van der Waals surface area contributed by atoms with Crippen LogP contribution in [-0.2, 0) is 25.2 Å². The average Bonchev–Trinajstić information content (AvgIpc) is 3.05. The molecule has 0 aliphatic carbocycles. The van der Waals surface area contributed by atoms with E-state index >= 15 is 0 Å². The monoisotopic (exact) mass is 406 g/mol. The Bertz CT molecular complexity index is 820. The van der Waals surface area contributed by atoms with Crippen LogP contribution in [0.25, 0.3) is 11.4 Å². The van der Waals surface area contributed by atoms with Gasteiger partial charge < -0.3 is 14.0 Å². The third kappa shape index (κ3) is 4.97. The third-order valence-electron chi connectivity index (χ3n) is 3.22. The average molecular weight is 407 g/mol. The molecule has 2 aromatic rings. The van der Waals surface area contributed by atoms with Gasteiger partial charge in [0, 0.05) is 10.6 Å². The summed E-state index contributed by atoms with van der Waals surface area (Å²) in [6, 6.07) is 3.81. The standard InChI is InChI=1S/C16H14ClF3N2O5/c1-3-25-13(23)11(14(24)26-4-2)8-5-9(7-10(17)6-8)12-21-15(27-22-12)16(18,19)20/h5-7,11H,3-4H2,1-2H3. The van der Waals surface area contributed by atoms with Crippen LogP contribution < -0.4 is 0 Å². The maximum absolute atomic E-state index is 12.6. The maximum Gasteiger partial charge on any atom is 0.471 e. The molecule has 0 spiro atoms. The van der Waals surface area contributed by atoms with Crippen LogP contribution in [0.15, 0.2) is 22.7 Å². The number of carbonyl (C=O) groups excluding carboxylic acids is 2. The Hall–Kier alpha value is -2.62. The van der Waals surface area contributed by atoms with Crippen LogP contribution >= 0.6 is 11.6 Å². The molecular formula is C16H14ClF3N2O5. The van der Waals surface area contributed by atoms with Crippen molar-refractivity contribution < 1.29 is 36.8 Å². The molecule has 1 heterocycles. The van der Waals surface area contributed by atoms with Crippen LogP contribution in [0, 0.1) is 0 Å². The quantitative estimate of drug-likeness (QED) is 0.534. The fraction of sp³-hybridized carbons (Fsp3) is 0.375. The largest absolute Gasteiger partial charge is 0.471 e. The molecule has 27 heavy (non-hydrogen) atoms. The first-order valence-electron chi connectivity index (χ1n) is 7.72. The van der Waals surface area contributed by atoms with E-state index in [9.17, 15) is 22.8 Å². The van der Waals surface area contributed by atoms with Gasteiger partial charge in [-0.3, -0.25) is 9.59 Å². The molecule has 0 atom stereocenters. The molecule has 11 heteroatoms. The first-order chi connectivity index (χ1) is 12.7. The van der Waals surface area contributed by atoms with Crippen molar-refractivity contribution in [2.45, 2.75) is 25.9 Å². The zero-order valence-electron chi connectivity index (χ0n) is 14.2. The summed E-state index contributed by atoms with van der Waals surface area (Å²) >= 11 is 5.99. The van der Waals surface area contributed by atoms with E-state index in [0.29, 0.717) is 0 Å². The molecule has 1 aromatic carbocycles. The Morgan fingerprint density at radius 1 is 1.15 bits per heavy atom. The fourth-order valence-corrected chi connectivity index (χ4v) is 2.43. The molecule has 0 aliphatic heterocycles. The number of nitrogens with zero attached hydrogens (tertiary/aromatic N) is 2. The van der Waals surface area contributed by atoms with Crippen molar-refractivity contribution >= 4 is 23.5 Å². The van der Waals surface area contributed by atoms with Crippen molar-refractivity contribution in [1.82, 2.24) is 10.1 Å². The number of carbonyl (C=O) groups is 2. The smallest absolute Gasteiger partial charge is 0.465 e. The number of halogens is 4. The normalized spacial score (nSPS) is 11.5. The minimum absolute atomic E-state index is 0.0158. The number of benzene rings is 1. The van der Waals surface area contributed by atoms with Gasteiger partial charge in [0.2, 0.25) is 5.82 Å². The fourth-order valence-electron chi connectivity index (χ4n) is 2.18. The molecule has 146 valence electrons. The van der Waals surface area contributed by atoms with Crippen LogP contribution in [0.3, 0.4) is 0 Å². The summed E-state index contributed by atoms with van der Waals surface area (Å²) in [5.74, 6) is -5.17. The molecule has 2 rings (SSSR count). The van der Waals surface area contributed by atoms with Gasteiger partial charge in [-0.2, -0.15) is 18.2 Å². The van der Waals surface area contributed by atoms with Gasteiger partial charge in [-0.15, -0.1) is 0 Å². The SMILES string of the molecule is CCOC(=O)C(C(=O)OCC)c1cc(Cl)cc(-c2noc(C(F)(F)F)n2)c1. The summed E-state index contributed by atoms with van der Waals surface area (Å²) in [5.41, 5.74) is 0.0862. The highest BCUT2D eigenvalue weighted by molar-refractivity contribution is 6.31. The molecule has 1 aromatic heterocycles. The Kier molecular flexibility index (Phi) is 6.42. The van der Waals surface area contributed by atoms with Crippen LogP contribution in [0.5, 0.6) is 0 Å². The summed E-state index contributed by atoms with van der Waals surface area (Å²) in [5, 5.41) is 3.30. The Balaban J connectivity index is 2.48. The molecule has 0 radical (unpaired) electrons. The van der Waals surface area contributed by atoms with E-state index < -0.39 is 35.7 Å². The van der Waals surface area contributed by atoms with Gasteiger partial charge in [-0.05, 0) is 37.6 Å². The van der Waals surface area contributed by atoms with Gasteiger partial charge in [-0.1, -0.05) is 16.8 Å². The summed E-state index contributed by atoms with van der Waals surface area (Å²) in [4.78, 5) is 27.6. The van der Waals surface area contributed by atoms with E-state index in [-0.39, 0.29) is 29.4 Å². The topological polar surface area (TPSA) is 91.5 Å². The number of ether oxygens (including phenoxy) is 2. The predicted molar refractivity (Wildman–Crippen MR) is 85.8 cm³/mol. The van der Waals surface area contributed by atoms with E-state index in [0.717, 1.165) is 0 Å². The van der Waals surface area contributed by atoms with Crippen molar-refractivity contribution in [3.05, 3.63) is 34.7 Å². The Labute approximate surface area is 156 Å². The molecule has 0 bridgehead atoms. The van der Waals surface area contributed by atoms with Crippen molar-refractivity contribution in [2.75, 3.05) is 13.2 Å². The van der Waals surface area contributed by atoms with Crippen molar-refractivity contribution in [3.63, 3.8) is 0 Å². The van der Waals surface area contributed by atoms with Gasteiger partial charge >= 0.3 is 24.0 Å². The second-order valence-corrected chi connectivity index (χ2v) is 5.57. The van der Waals surface area contributed by atoms with Gasteiger partial charge in [0.15, 0.2) is 5.92 Å². The number of alkyl halides is 3. The van der Waals surface area contributed by atoms with E-state index in [1.54, 1.807) is 13.8 Å². The molecule has 0 saturated heterocycles. The lowest BCUT2D eigenvalue weighted by Crippen LogP contribution is -2.26. The summed E-state index contributed by atoms with van der Waals surface area (Å²) < 4.78 is 51.9. The number of hydrogen-bond acceptors (Lipinski definition) is 7. The van der Waals surface area contributed by atoms with Gasteiger partial charge in [0.05, 0.1) is 13.2 Å². The lowest BCUT2D eigenvalue weighted by atomic mass is 9.97. The summed E-state index contributed by atoms with van der Waals surface area (Å²) in [7, 11) is 0. The summed E-state index contributed by atoms with van der Waals surface area (Å²) in [6.45, 7) is 3.15. The van der Waals surface area contributed by atoms with Crippen molar-refractivity contribution in [3.8, 4) is 11.4 Å². The van der Waals surface area contributed by atoms with Crippen molar-refractivity contribution in [2.24, 2.45) is 0 Å². The molecule has 0 saturated carbocycles.